The average molecular weight is 461 g/mol. The summed E-state index contributed by atoms with van der Waals surface area (Å²) in [6.45, 7) is 9.10. The van der Waals surface area contributed by atoms with Crippen LogP contribution in [-0.2, 0) is 16.1 Å². The Morgan fingerprint density at radius 1 is 0.636 bits per heavy atom. The summed E-state index contributed by atoms with van der Waals surface area (Å²) in [6, 6.07) is 10.5. The van der Waals surface area contributed by atoms with Gasteiger partial charge in [0.1, 0.15) is 0 Å². The Labute approximate surface area is 207 Å². The van der Waals surface area contributed by atoms with Gasteiger partial charge in [-0.2, -0.15) is 0 Å². The number of unbranched alkanes of at least 4 members (excludes halogenated alkanes) is 15. The van der Waals surface area contributed by atoms with Crippen molar-refractivity contribution >= 4 is 0 Å². The fourth-order valence-corrected chi connectivity index (χ4v) is 4.47. The quantitative estimate of drug-likeness (QED) is 0.143. The summed E-state index contributed by atoms with van der Waals surface area (Å²) in [4.78, 5) is 0. The molecule has 0 N–H and O–H groups in total. The van der Waals surface area contributed by atoms with E-state index in [1.54, 1.807) is 0 Å². The third-order valence-corrected chi connectivity index (χ3v) is 6.51. The van der Waals surface area contributed by atoms with Crippen molar-refractivity contribution in [1.29, 1.82) is 0 Å². The van der Waals surface area contributed by atoms with Crippen molar-refractivity contribution in [2.75, 3.05) is 13.2 Å². The molecule has 0 unspecified atom stereocenters. The molecule has 2 heteroatoms. The predicted molar refractivity (Wildman–Crippen MR) is 145 cm³/mol. The normalized spacial score (nSPS) is 12.5. The highest BCUT2D eigenvalue weighted by Gasteiger charge is 2.12. The molecule has 0 spiro atoms. The topological polar surface area (TPSA) is 18.5 Å². The predicted octanol–water partition coefficient (Wildman–Crippen LogP) is 9.90. The summed E-state index contributed by atoms with van der Waals surface area (Å²) in [7, 11) is 0. The van der Waals surface area contributed by atoms with E-state index in [1.165, 1.54) is 108 Å². The van der Waals surface area contributed by atoms with Crippen molar-refractivity contribution in [3.63, 3.8) is 0 Å². The number of hydrogen-bond donors (Lipinski definition) is 0. The van der Waals surface area contributed by atoms with Crippen molar-refractivity contribution in [3.8, 4) is 0 Å². The Kier molecular flexibility index (Phi) is 20.9. The van der Waals surface area contributed by atoms with E-state index in [0.29, 0.717) is 12.5 Å². The zero-order valence-electron chi connectivity index (χ0n) is 22.5. The van der Waals surface area contributed by atoms with Crippen LogP contribution in [0.4, 0.5) is 0 Å². The van der Waals surface area contributed by atoms with Gasteiger partial charge in [0.25, 0.3) is 0 Å². The van der Waals surface area contributed by atoms with Crippen LogP contribution in [-0.4, -0.2) is 19.3 Å². The van der Waals surface area contributed by atoms with Crippen LogP contribution in [0, 0.1) is 5.92 Å². The maximum Gasteiger partial charge on any atom is 0.0815 e. The Morgan fingerprint density at radius 2 is 1.12 bits per heavy atom. The monoisotopic (exact) mass is 460 g/mol. The molecule has 0 saturated heterocycles. The molecule has 0 aromatic heterocycles. The van der Waals surface area contributed by atoms with Gasteiger partial charge in [-0.15, -0.1) is 0 Å². The van der Waals surface area contributed by atoms with Crippen LogP contribution in [0.5, 0.6) is 0 Å². The Bertz CT molecular complexity index is 499. The number of ether oxygens (including phenoxy) is 2. The maximum absolute atomic E-state index is 6.15. The molecular weight excluding hydrogens is 404 g/mol. The summed E-state index contributed by atoms with van der Waals surface area (Å²) in [5.74, 6) is 0.630. The molecule has 0 aliphatic carbocycles. The van der Waals surface area contributed by atoms with E-state index in [9.17, 15) is 0 Å². The van der Waals surface area contributed by atoms with Crippen LogP contribution in [0.2, 0.25) is 0 Å². The lowest BCUT2D eigenvalue weighted by atomic mass is 10.0. The van der Waals surface area contributed by atoms with Crippen molar-refractivity contribution in [2.45, 2.75) is 143 Å². The molecule has 0 aliphatic rings. The van der Waals surface area contributed by atoms with E-state index in [4.69, 9.17) is 9.47 Å². The van der Waals surface area contributed by atoms with Gasteiger partial charge in [-0.3, -0.25) is 0 Å². The maximum atomic E-state index is 6.15. The van der Waals surface area contributed by atoms with Crippen molar-refractivity contribution in [2.24, 2.45) is 5.92 Å². The average Bonchev–Trinajstić information content (AvgIpc) is 2.82. The van der Waals surface area contributed by atoms with Crippen LogP contribution in [0.1, 0.15) is 135 Å². The molecule has 0 aliphatic heterocycles. The molecule has 1 rings (SSSR count). The smallest absolute Gasteiger partial charge is 0.0815 e. The number of hydrogen-bond acceptors (Lipinski definition) is 2. The lowest BCUT2D eigenvalue weighted by molar-refractivity contribution is -0.0346. The van der Waals surface area contributed by atoms with Crippen molar-refractivity contribution in [1.82, 2.24) is 0 Å². The molecule has 0 amide bonds. The van der Waals surface area contributed by atoms with Crippen LogP contribution >= 0.6 is 0 Å². The van der Waals surface area contributed by atoms with Gasteiger partial charge in [-0.1, -0.05) is 147 Å². The highest BCUT2D eigenvalue weighted by Crippen LogP contribution is 2.15. The highest BCUT2D eigenvalue weighted by atomic mass is 16.5. The molecule has 1 aromatic rings. The molecule has 2 nitrogen and oxygen atoms in total. The fraction of sp³-hybridized carbons (Fsp3) is 0.806. The molecule has 0 fully saturated rings. The van der Waals surface area contributed by atoms with E-state index in [-0.39, 0.29) is 6.10 Å². The third kappa shape index (κ3) is 20.2. The lowest BCUT2D eigenvalue weighted by Gasteiger charge is -2.20. The van der Waals surface area contributed by atoms with Crippen LogP contribution in [0.25, 0.3) is 0 Å². The standard InChI is InChI=1S/C31H56O2/c1-4-5-6-7-8-9-10-11-12-13-14-15-16-17-18-22-25-32-28-31(26-29(2)3)33-27-30-23-20-19-21-24-30/h19-21,23-24,29,31H,4-18,22,25-28H2,1-3H3/t31-/m1/s1. The summed E-state index contributed by atoms with van der Waals surface area (Å²) >= 11 is 0. The summed E-state index contributed by atoms with van der Waals surface area (Å²) in [6.07, 6.45) is 23.8. The minimum atomic E-state index is 0.200. The molecule has 1 aromatic carbocycles. The lowest BCUT2D eigenvalue weighted by Crippen LogP contribution is -2.22. The molecule has 0 bridgehead atoms. The molecule has 1 atom stereocenters. The second kappa shape index (κ2) is 22.9. The molecule has 0 radical (unpaired) electrons. The Hall–Kier alpha value is -0.860. The second-order valence-electron chi connectivity index (χ2n) is 10.4. The molecule has 0 saturated carbocycles. The Morgan fingerprint density at radius 3 is 1.61 bits per heavy atom. The first-order valence-corrected chi connectivity index (χ1v) is 14.5. The van der Waals surface area contributed by atoms with E-state index >= 15 is 0 Å². The largest absolute Gasteiger partial charge is 0.379 e. The van der Waals surface area contributed by atoms with Gasteiger partial charge in [0.15, 0.2) is 0 Å². The first-order chi connectivity index (χ1) is 16.2. The van der Waals surface area contributed by atoms with Gasteiger partial charge < -0.3 is 9.47 Å². The zero-order valence-corrected chi connectivity index (χ0v) is 22.5. The van der Waals surface area contributed by atoms with Gasteiger partial charge >= 0.3 is 0 Å². The van der Waals surface area contributed by atoms with E-state index in [0.717, 1.165) is 19.6 Å². The van der Waals surface area contributed by atoms with E-state index < -0.39 is 0 Å². The summed E-state index contributed by atoms with van der Waals surface area (Å²) < 4.78 is 12.1. The van der Waals surface area contributed by atoms with Gasteiger partial charge in [-0.25, -0.2) is 0 Å². The molecule has 0 heterocycles. The van der Waals surface area contributed by atoms with E-state index in [2.05, 4.69) is 51.1 Å². The molecule has 33 heavy (non-hydrogen) atoms. The SMILES string of the molecule is CCCCCCCCCCCCCCCCCCOC[C@@H](CC(C)C)OCc1ccccc1. The van der Waals surface area contributed by atoms with Gasteiger partial charge in [0, 0.05) is 6.61 Å². The minimum Gasteiger partial charge on any atom is -0.379 e. The summed E-state index contributed by atoms with van der Waals surface area (Å²) in [5.41, 5.74) is 1.24. The van der Waals surface area contributed by atoms with Crippen molar-refractivity contribution < 1.29 is 9.47 Å². The van der Waals surface area contributed by atoms with E-state index in [1.807, 2.05) is 0 Å². The second-order valence-corrected chi connectivity index (χ2v) is 10.4. The first kappa shape index (κ1) is 30.2. The molecule has 192 valence electrons. The molecular formula is C31H56O2. The fourth-order valence-electron chi connectivity index (χ4n) is 4.47. The third-order valence-electron chi connectivity index (χ3n) is 6.51. The Balaban J connectivity index is 1.87. The number of rotatable bonds is 24. The highest BCUT2D eigenvalue weighted by molar-refractivity contribution is 5.13. The zero-order chi connectivity index (χ0) is 23.8. The van der Waals surface area contributed by atoms with Crippen LogP contribution < -0.4 is 0 Å². The summed E-state index contributed by atoms with van der Waals surface area (Å²) in [5, 5.41) is 0. The minimum absolute atomic E-state index is 0.200. The van der Waals surface area contributed by atoms with Gasteiger partial charge in [0.2, 0.25) is 0 Å². The number of benzene rings is 1. The van der Waals surface area contributed by atoms with Crippen LogP contribution in [0.3, 0.4) is 0 Å². The van der Waals surface area contributed by atoms with Gasteiger partial charge in [0.05, 0.1) is 19.3 Å². The van der Waals surface area contributed by atoms with Crippen LogP contribution in [0.15, 0.2) is 30.3 Å². The first-order valence-electron chi connectivity index (χ1n) is 14.5. The van der Waals surface area contributed by atoms with Gasteiger partial charge in [-0.05, 0) is 24.3 Å². The van der Waals surface area contributed by atoms with Crippen molar-refractivity contribution in [3.05, 3.63) is 35.9 Å².